The van der Waals surface area contributed by atoms with E-state index in [0.717, 1.165) is 0 Å². The first-order valence-electron chi connectivity index (χ1n) is 7.47. The molecule has 132 valence electrons. The molecule has 1 atom stereocenters. The average molecular weight is 330 g/mol. The highest BCUT2D eigenvalue weighted by Crippen LogP contribution is 2.24. The fraction of sp³-hybridized carbons (Fsp3) is 0.800. The van der Waals surface area contributed by atoms with E-state index in [-0.39, 0.29) is 19.5 Å². The van der Waals surface area contributed by atoms with Gasteiger partial charge < -0.3 is 24.8 Å². The van der Waals surface area contributed by atoms with E-state index in [4.69, 9.17) is 9.47 Å². The van der Waals surface area contributed by atoms with E-state index in [1.165, 1.54) is 4.90 Å². The number of likely N-dealkylation sites (tertiary alicyclic amines) is 1. The maximum absolute atomic E-state index is 12.1. The smallest absolute Gasteiger partial charge is 0.410 e. The first kappa shape index (κ1) is 19.1. The Morgan fingerprint density at radius 2 is 1.57 bits per heavy atom. The van der Waals surface area contributed by atoms with E-state index in [2.05, 4.69) is 5.32 Å². The van der Waals surface area contributed by atoms with Gasteiger partial charge in [0.15, 0.2) is 5.54 Å². The number of carbonyl (C=O) groups excluding carboxylic acids is 2. The van der Waals surface area contributed by atoms with Crippen LogP contribution >= 0.6 is 0 Å². The summed E-state index contributed by atoms with van der Waals surface area (Å²) in [6.07, 6.45) is -1.35. The van der Waals surface area contributed by atoms with Crippen LogP contribution in [0.1, 0.15) is 48.0 Å². The Labute approximate surface area is 136 Å². The van der Waals surface area contributed by atoms with E-state index in [1.54, 1.807) is 41.5 Å². The molecule has 0 aromatic carbocycles. The van der Waals surface area contributed by atoms with Gasteiger partial charge in [-0.1, -0.05) is 0 Å². The Morgan fingerprint density at radius 3 is 2.00 bits per heavy atom. The van der Waals surface area contributed by atoms with E-state index in [1.807, 2.05) is 0 Å². The number of amides is 2. The largest absolute Gasteiger partial charge is 0.479 e. The van der Waals surface area contributed by atoms with Crippen molar-refractivity contribution >= 4 is 18.2 Å². The monoisotopic (exact) mass is 330 g/mol. The molecule has 0 aliphatic carbocycles. The van der Waals surface area contributed by atoms with Crippen LogP contribution in [0.25, 0.3) is 0 Å². The van der Waals surface area contributed by atoms with Crippen molar-refractivity contribution in [3.05, 3.63) is 0 Å². The van der Waals surface area contributed by atoms with Gasteiger partial charge in [-0.3, -0.25) is 0 Å². The number of ether oxygens (including phenoxy) is 2. The van der Waals surface area contributed by atoms with Gasteiger partial charge in [-0.15, -0.1) is 0 Å². The molecule has 0 spiro atoms. The van der Waals surface area contributed by atoms with Crippen molar-refractivity contribution in [1.29, 1.82) is 0 Å². The lowest BCUT2D eigenvalue weighted by Crippen LogP contribution is -2.57. The summed E-state index contributed by atoms with van der Waals surface area (Å²) in [5.41, 5.74) is -2.99. The van der Waals surface area contributed by atoms with Crippen molar-refractivity contribution in [3.63, 3.8) is 0 Å². The average Bonchev–Trinajstić information content (AvgIpc) is 2.69. The second-order valence-corrected chi connectivity index (χ2v) is 7.67. The van der Waals surface area contributed by atoms with Gasteiger partial charge in [0.25, 0.3) is 0 Å². The molecule has 8 nitrogen and oxygen atoms in total. The molecular weight excluding hydrogens is 304 g/mol. The van der Waals surface area contributed by atoms with Crippen molar-refractivity contribution in [2.24, 2.45) is 0 Å². The zero-order valence-corrected chi connectivity index (χ0v) is 14.6. The lowest BCUT2D eigenvalue weighted by Gasteiger charge is -2.29. The summed E-state index contributed by atoms with van der Waals surface area (Å²) >= 11 is 0. The third-order valence-corrected chi connectivity index (χ3v) is 3.07. The maximum Gasteiger partial charge on any atom is 0.410 e. The number of carboxylic acids is 1. The number of carboxylic acid groups (broad SMARTS) is 1. The van der Waals surface area contributed by atoms with Crippen molar-refractivity contribution in [3.8, 4) is 0 Å². The van der Waals surface area contributed by atoms with Crippen LogP contribution in [0.3, 0.4) is 0 Å². The number of hydrogen-bond donors (Lipinski definition) is 2. The summed E-state index contributed by atoms with van der Waals surface area (Å²) in [6.45, 7) is 10.2. The highest BCUT2D eigenvalue weighted by atomic mass is 16.6. The molecule has 8 heteroatoms. The van der Waals surface area contributed by atoms with E-state index in [0.29, 0.717) is 0 Å². The standard InChI is InChI=1S/C15H26N2O6/c1-13(2,3)22-11(20)16-15(10(18)19)7-8-17(9-15)12(21)23-14(4,5)6/h7-9H2,1-6H3,(H,16,20)(H,18,19). The molecule has 0 aromatic heterocycles. The topological polar surface area (TPSA) is 105 Å². The van der Waals surface area contributed by atoms with Gasteiger partial charge in [-0.05, 0) is 41.5 Å². The molecule has 0 bridgehead atoms. The molecular formula is C15H26N2O6. The minimum atomic E-state index is -1.57. The third-order valence-electron chi connectivity index (χ3n) is 3.07. The second-order valence-electron chi connectivity index (χ2n) is 7.67. The zero-order valence-electron chi connectivity index (χ0n) is 14.6. The number of nitrogens with one attached hydrogen (secondary N) is 1. The summed E-state index contributed by atoms with van der Waals surface area (Å²) < 4.78 is 10.3. The summed E-state index contributed by atoms with van der Waals surface area (Å²) in [5, 5.41) is 11.9. The van der Waals surface area contributed by atoms with Crippen LogP contribution in [0.5, 0.6) is 0 Å². The summed E-state index contributed by atoms with van der Waals surface area (Å²) in [6, 6.07) is 0. The molecule has 1 saturated heterocycles. The van der Waals surface area contributed by atoms with Gasteiger partial charge in [0, 0.05) is 13.0 Å². The van der Waals surface area contributed by atoms with Crippen LogP contribution in [0, 0.1) is 0 Å². The first-order chi connectivity index (χ1) is 10.2. The summed E-state index contributed by atoms with van der Waals surface area (Å²) in [7, 11) is 0. The SMILES string of the molecule is CC(C)(C)OC(=O)NC1(C(=O)O)CCN(C(=O)OC(C)(C)C)C1. The molecule has 0 aromatic rings. The maximum atomic E-state index is 12.1. The van der Waals surface area contributed by atoms with Crippen LogP contribution in [0.4, 0.5) is 9.59 Å². The minimum Gasteiger partial charge on any atom is -0.479 e. The highest BCUT2D eigenvalue weighted by molar-refractivity contribution is 5.86. The highest BCUT2D eigenvalue weighted by Gasteiger charge is 2.49. The van der Waals surface area contributed by atoms with Gasteiger partial charge in [-0.2, -0.15) is 0 Å². The summed E-state index contributed by atoms with van der Waals surface area (Å²) in [5.74, 6) is -1.21. The van der Waals surface area contributed by atoms with Crippen molar-refractivity contribution < 1.29 is 29.0 Å². The third kappa shape index (κ3) is 5.61. The number of aliphatic carboxylic acids is 1. The predicted octanol–water partition coefficient (Wildman–Crippen LogP) is 1.98. The fourth-order valence-electron chi connectivity index (χ4n) is 2.12. The van der Waals surface area contributed by atoms with Crippen LogP contribution in [0.15, 0.2) is 0 Å². The van der Waals surface area contributed by atoms with Gasteiger partial charge >= 0.3 is 18.2 Å². The summed E-state index contributed by atoms with van der Waals surface area (Å²) in [4.78, 5) is 36.9. The lowest BCUT2D eigenvalue weighted by molar-refractivity contribution is -0.144. The van der Waals surface area contributed by atoms with Crippen LogP contribution < -0.4 is 5.32 Å². The molecule has 2 amide bonds. The van der Waals surface area contributed by atoms with Gasteiger partial charge in [0.05, 0.1) is 6.54 Å². The van der Waals surface area contributed by atoms with Crippen molar-refractivity contribution in [1.82, 2.24) is 10.2 Å². The number of carbonyl (C=O) groups is 3. The Bertz CT molecular complexity index is 491. The van der Waals surface area contributed by atoms with E-state index in [9.17, 15) is 19.5 Å². The fourth-order valence-corrected chi connectivity index (χ4v) is 2.12. The molecule has 1 rings (SSSR count). The molecule has 0 saturated carbocycles. The lowest BCUT2D eigenvalue weighted by atomic mass is 9.99. The molecule has 1 aliphatic heterocycles. The molecule has 1 aliphatic rings. The first-order valence-corrected chi connectivity index (χ1v) is 7.47. The number of alkyl carbamates (subject to hydrolysis) is 1. The Morgan fingerprint density at radius 1 is 1.04 bits per heavy atom. The van der Waals surface area contributed by atoms with Gasteiger partial charge in [0.2, 0.25) is 0 Å². The quantitative estimate of drug-likeness (QED) is 0.802. The Balaban J connectivity index is 2.79. The molecule has 0 radical (unpaired) electrons. The van der Waals surface area contributed by atoms with Crippen LogP contribution in [-0.4, -0.2) is 58.0 Å². The zero-order chi connectivity index (χ0) is 18.1. The molecule has 23 heavy (non-hydrogen) atoms. The van der Waals surface area contributed by atoms with E-state index < -0.39 is 34.9 Å². The number of rotatable bonds is 2. The van der Waals surface area contributed by atoms with Crippen LogP contribution in [-0.2, 0) is 14.3 Å². The normalized spacial score (nSPS) is 21.7. The molecule has 1 unspecified atom stereocenters. The van der Waals surface area contributed by atoms with Gasteiger partial charge in [-0.25, -0.2) is 14.4 Å². The molecule has 2 N–H and O–H groups in total. The molecule has 1 fully saturated rings. The second kappa shape index (κ2) is 6.25. The van der Waals surface area contributed by atoms with Crippen LogP contribution in [0.2, 0.25) is 0 Å². The Hall–Kier alpha value is -1.99. The van der Waals surface area contributed by atoms with E-state index >= 15 is 0 Å². The predicted molar refractivity (Wildman–Crippen MR) is 82.2 cm³/mol. The van der Waals surface area contributed by atoms with Crippen molar-refractivity contribution in [2.45, 2.75) is 64.7 Å². The number of nitrogens with zero attached hydrogens (tertiary/aromatic N) is 1. The van der Waals surface area contributed by atoms with Gasteiger partial charge in [0.1, 0.15) is 11.2 Å². The number of hydrogen-bond acceptors (Lipinski definition) is 5. The molecule has 1 heterocycles. The van der Waals surface area contributed by atoms with Crippen molar-refractivity contribution in [2.75, 3.05) is 13.1 Å². The minimum absolute atomic E-state index is 0.0841. The Kier molecular flexibility index (Phi) is 5.18.